The highest BCUT2D eigenvalue weighted by Gasteiger charge is 2.25. The zero-order valence-corrected chi connectivity index (χ0v) is 15.7. The van der Waals surface area contributed by atoms with Crippen molar-refractivity contribution < 1.29 is 4.79 Å². The van der Waals surface area contributed by atoms with Crippen molar-refractivity contribution in [1.82, 2.24) is 9.88 Å². The van der Waals surface area contributed by atoms with Crippen molar-refractivity contribution in [2.75, 3.05) is 12.3 Å². The number of benzene rings is 1. The van der Waals surface area contributed by atoms with Crippen LogP contribution in [0.1, 0.15) is 47.8 Å². The minimum Gasteiger partial charge on any atom is -0.287 e. The SMILES string of the molecule is Cc1ccc(C(=O)N2CCCSC2=Nc2ccccc2C(C)C)cn1. The molecule has 4 nitrogen and oxygen atoms in total. The Morgan fingerprint density at radius 2 is 2.04 bits per heavy atom. The van der Waals surface area contributed by atoms with Crippen LogP contribution in [0.3, 0.4) is 0 Å². The summed E-state index contributed by atoms with van der Waals surface area (Å²) in [6, 6.07) is 11.9. The van der Waals surface area contributed by atoms with E-state index in [2.05, 4.69) is 24.9 Å². The summed E-state index contributed by atoms with van der Waals surface area (Å²) in [7, 11) is 0. The van der Waals surface area contributed by atoms with Crippen LogP contribution >= 0.6 is 11.8 Å². The number of para-hydroxylation sites is 1. The van der Waals surface area contributed by atoms with Crippen molar-refractivity contribution >= 4 is 28.5 Å². The molecule has 2 heterocycles. The number of aliphatic imine (C=N–C) groups is 1. The van der Waals surface area contributed by atoms with E-state index in [-0.39, 0.29) is 5.91 Å². The molecule has 130 valence electrons. The second-order valence-electron chi connectivity index (χ2n) is 6.45. The van der Waals surface area contributed by atoms with Crippen LogP contribution in [0.5, 0.6) is 0 Å². The maximum absolute atomic E-state index is 12.9. The third-order valence-corrected chi connectivity index (χ3v) is 5.23. The largest absolute Gasteiger partial charge is 0.287 e. The lowest BCUT2D eigenvalue weighted by atomic mass is 10.0. The predicted octanol–water partition coefficient (Wildman–Crippen LogP) is 4.78. The highest BCUT2D eigenvalue weighted by molar-refractivity contribution is 8.13. The van der Waals surface area contributed by atoms with E-state index >= 15 is 0 Å². The van der Waals surface area contributed by atoms with Gasteiger partial charge < -0.3 is 0 Å². The molecule has 0 aliphatic carbocycles. The second kappa shape index (κ2) is 7.83. The van der Waals surface area contributed by atoms with Crippen LogP contribution in [0.2, 0.25) is 0 Å². The number of aromatic nitrogens is 1. The van der Waals surface area contributed by atoms with Crippen LogP contribution in [0.25, 0.3) is 0 Å². The molecular weight excluding hydrogens is 330 g/mol. The third kappa shape index (κ3) is 4.10. The fraction of sp³-hybridized carbons (Fsp3) is 0.350. The van der Waals surface area contributed by atoms with Gasteiger partial charge in [0, 0.05) is 24.2 Å². The molecule has 0 spiro atoms. The maximum Gasteiger partial charge on any atom is 0.261 e. The Labute approximate surface area is 153 Å². The molecule has 1 aliphatic heterocycles. The lowest BCUT2D eigenvalue weighted by Gasteiger charge is -2.28. The van der Waals surface area contributed by atoms with Crippen LogP contribution in [0, 0.1) is 6.92 Å². The van der Waals surface area contributed by atoms with Crippen molar-refractivity contribution in [1.29, 1.82) is 0 Å². The van der Waals surface area contributed by atoms with E-state index in [1.165, 1.54) is 5.56 Å². The van der Waals surface area contributed by atoms with E-state index in [1.807, 2.05) is 37.3 Å². The van der Waals surface area contributed by atoms with Crippen LogP contribution in [-0.2, 0) is 0 Å². The van der Waals surface area contributed by atoms with Gasteiger partial charge in [-0.3, -0.25) is 14.7 Å². The molecule has 1 amide bonds. The van der Waals surface area contributed by atoms with Gasteiger partial charge in [0.15, 0.2) is 5.17 Å². The summed E-state index contributed by atoms with van der Waals surface area (Å²) >= 11 is 1.65. The molecule has 1 aromatic heterocycles. The molecule has 5 heteroatoms. The van der Waals surface area contributed by atoms with Crippen LogP contribution in [0.15, 0.2) is 47.6 Å². The van der Waals surface area contributed by atoms with Crippen LogP contribution < -0.4 is 0 Å². The standard InChI is InChI=1S/C20H23N3OS/c1-14(2)17-7-4-5-8-18(17)22-20-23(11-6-12-25-20)19(24)16-10-9-15(3)21-13-16/h4-5,7-10,13-14H,6,11-12H2,1-3H3. The topological polar surface area (TPSA) is 45.6 Å². The second-order valence-corrected chi connectivity index (χ2v) is 7.52. The summed E-state index contributed by atoms with van der Waals surface area (Å²) in [6.45, 7) is 6.94. The lowest BCUT2D eigenvalue weighted by Crippen LogP contribution is -2.39. The van der Waals surface area contributed by atoms with Crippen molar-refractivity contribution in [2.45, 2.75) is 33.1 Å². The van der Waals surface area contributed by atoms with E-state index in [4.69, 9.17) is 4.99 Å². The Bertz CT molecular complexity index is 784. The number of hydrogen-bond acceptors (Lipinski definition) is 4. The third-order valence-electron chi connectivity index (χ3n) is 4.17. The monoisotopic (exact) mass is 353 g/mol. The number of aryl methyl sites for hydroxylation is 1. The average Bonchev–Trinajstić information content (AvgIpc) is 2.62. The van der Waals surface area contributed by atoms with Gasteiger partial charge in [-0.25, -0.2) is 4.99 Å². The molecule has 1 aliphatic rings. The van der Waals surface area contributed by atoms with Gasteiger partial charge in [-0.1, -0.05) is 43.8 Å². The van der Waals surface area contributed by atoms with E-state index in [1.54, 1.807) is 22.9 Å². The summed E-state index contributed by atoms with van der Waals surface area (Å²) in [5.41, 5.74) is 3.66. The molecule has 3 rings (SSSR count). The zero-order valence-electron chi connectivity index (χ0n) is 14.9. The van der Waals surface area contributed by atoms with Gasteiger partial charge in [0.25, 0.3) is 5.91 Å². The minimum atomic E-state index is -0.0273. The number of rotatable bonds is 3. The summed E-state index contributed by atoms with van der Waals surface area (Å²) in [6.07, 6.45) is 2.62. The molecule has 0 saturated carbocycles. The molecule has 0 N–H and O–H groups in total. The molecule has 0 bridgehead atoms. The number of nitrogens with zero attached hydrogens (tertiary/aromatic N) is 3. The van der Waals surface area contributed by atoms with Crippen molar-refractivity contribution in [3.8, 4) is 0 Å². The van der Waals surface area contributed by atoms with Crippen molar-refractivity contribution in [2.24, 2.45) is 4.99 Å². The van der Waals surface area contributed by atoms with Gasteiger partial charge in [-0.15, -0.1) is 0 Å². The number of carbonyl (C=O) groups excluding carboxylic acids is 1. The Morgan fingerprint density at radius 3 is 2.76 bits per heavy atom. The zero-order chi connectivity index (χ0) is 17.8. The Morgan fingerprint density at radius 1 is 1.24 bits per heavy atom. The number of amides is 1. The molecule has 1 fully saturated rings. The van der Waals surface area contributed by atoms with Gasteiger partial charge in [0.05, 0.1) is 11.3 Å². The first-order chi connectivity index (χ1) is 12.1. The minimum absolute atomic E-state index is 0.0273. The molecule has 1 saturated heterocycles. The van der Waals surface area contributed by atoms with Gasteiger partial charge in [0.1, 0.15) is 0 Å². The Balaban J connectivity index is 1.93. The molecule has 0 radical (unpaired) electrons. The summed E-state index contributed by atoms with van der Waals surface area (Å²) in [4.78, 5) is 23.8. The number of pyridine rings is 1. The van der Waals surface area contributed by atoms with Gasteiger partial charge in [0.2, 0.25) is 0 Å². The molecular formula is C20H23N3OS. The molecule has 2 aromatic rings. The molecule has 25 heavy (non-hydrogen) atoms. The van der Waals surface area contributed by atoms with E-state index in [0.29, 0.717) is 18.0 Å². The smallest absolute Gasteiger partial charge is 0.261 e. The fourth-order valence-corrected chi connectivity index (χ4v) is 3.72. The molecule has 0 unspecified atom stereocenters. The van der Waals surface area contributed by atoms with E-state index in [9.17, 15) is 4.79 Å². The lowest BCUT2D eigenvalue weighted by molar-refractivity contribution is 0.0849. The van der Waals surface area contributed by atoms with Gasteiger partial charge >= 0.3 is 0 Å². The van der Waals surface area contributed by atoms with Gasteiger partial charge in [-0.05, 0) is 43.0 Å². The fourth-order valence-electron chi connectivity index (χ4n) is 2.77. The van der Waals surface area contributed by atoms with Crippen LogP contribution in [0.4, 0.5) is 5.69 Å². The molecule has 0 atom stereocenters. The first-order valence-corrected chi connectivity index (χ1v) is 9.60. The molecule has 1 aromatic carbocycles. The first kappa shape index (κ1) is 17.7. The van der Waals surface area contributed by atoms with Crippen molar-refractivity contribution in [3.05, 3.63) is 59.4 Å². The first-order valence-electron chi connectivity index (χ1n) is 8.61. The number of carbonyl (C=O) groups is 1. The highest BCUT2D eigenvalue weighted by atomic mass is 32.2. The number of hydrogen-bond donors (Lipinski definition) is 0. The summed E-state index contributed by atoms with van der Waals surface area (Å²) in [5, 5.41) is 0.782. The predicted molar refractivity (Wildman–Crippen MR) is 105 cm³/mol. The Kier molecular flexibility index (Phi) is 5.53. The highest BCUT2D eigenvalue weighted by Crippen LogP contribution is 2.29. The maximum atomic E-state index is 12.9. The average molecular weight is 353 g/mol. The number of thioether (sulfide) groups is 1. The van der Waals surface area contributed by atoms with Crippen LogP contribution in [-0.4, -0.2) is 33.3 Å². The van der Waals surface area contributed by atoms with Gasteiger partial charge in [-0.2, -0.15) is 0 Å². The van der Waals surface area contributed by atoms with E-state index in [0.717, 1.165) is 28.7 Å². The Hall–Kier alpha value is -2.14. The summed E-state index contributed by atoms with van der Waals surface area (Å²) < 4.78 is 0. The quantitative estimate of drug-likeness (QED) is 0.798. The number of amidine groups is 1. The van der Waals surface area contributed by atoms with E-state index < -0.39 is 0 Å². The van der Waals surface area contributed by atoms with Crippen molar-refractivity contribution in [3.63, 3.8) is 0 Å². The summed E-state index contributed by atoms with van der Waals surface area (Å²) in [5.74, 6) is 1.35. The normalized spacial score (nSPS) is 16.5.